The second kappa shape index (κ2) is 8.14. The molecule has 1 aromatic heterocycles. The summed E-state index contributed by atoms with van der Waals surface area (Å²) in [4.78, 5) is 30.3. The van der Waals surface area contributed by atoms with Crippen molar-refractivity contribution < 1.29 is 14.3 Å². The van der Waals surface area contributed by atoms with Crippen molar-refractivity contribution in [2.45, 2.75) is 0 Å². The van der Waals surface area contributed by atoms with E-state index in [0.29, 0.717) is 11.3 Å². The van der Waals surface area contributed by atoms with Crippen LogP contribution in [-0.4, -0.2) is 31.0 Å². The lowest BCUT2D eigenvalue weighted by Crippen LogP contribution is -2.16. The van der Waals surface area contributed by atoms with Crippen LogP contribution in [0.15, 0.2) is 72.9 Å². The molecule has 27 heavy (non-hydrogen) atoms. The fourth-order valence-corrected chi connectivity index (χ4v) is 2.59. The van der Waals surface area contributed by atoms with Crippen LogP contribution in [0, 0.1) is 0 Å². The lowest BCUT2D eigenvalue weighted by molar-refractivity contribution is 0.0600. The zero-order chi connectivity index (χ0) is 19.2. The lowest BCUT2D eigenvalue weighted by Gasteiger charge is -2.19. The molecule has 0 aliphatic rings. The molecule has 0 aliphatic carbocycles. The first kappa shape index (κ1) is 18.1. The third-order valence-electron chi connectivity index (χ3n) is 4.05. The van der Waals surface area contributed by atoms with Gasteiger partial charge in [-0.15, -0.1) is 0 Å². The maximum atomic E-state index is 12.6. The number of nitrogens with one attached hydrogen (secondary N) is 1. The van der Waals surface area contributed by atoms with Gasteiger partial charge >= 0.3 is 5.97 Å². The molecule has 3 aromatic rings. The molecule has 0 spiro atoms. The summed E-state index contributed by atoms with van der Waals surface area (Å²) in [7, 11) is 3.23. The van der Waals surface area contributed by atoms with Crippen molar-refractivity contribution in [3.8, 4) is 0 Å². The highest BCUT2D eigenvalue weighted by Gasteiger charge is 2.12. The highest BCUT2D eigenvalue weighted by molar-refractivity contribution is 6.04. The molecular formula is C21H19N3O3. The Morgan fingerprint density at radius 2 is 1.74 bits per heavy atom. The Morgan fingerprint density at radius 1 is 0.963 bits per heavy atom. The van der Waals surface area contributed by atoms with Gasteiger partial charge in [-0.3, -0.25) is 9.78 Å². The number of para-hydroxylation sites is 1. The Balaban J connectivity index is 1.79. The number of hydrogen-bond acceptors (Lipinski definition) is 5. The number of esters is 1. The summed E-state index contributed by atoms with van der Waals surface area (Å²) in [5.41, 5.74) is 2.97. The molecule has 6 heteroatoms. The first-order chi connectivity index (χ1) is 13.1. The van der Waals surface area contributed by atoms with E-state index in [1.54, 1.807) is 36.5 Å². The van der Waals surface area contributed by atoms with Gasteiger partial charge < -0.3 is 15.0 Å². The van der Waals surface area contributed by atoms with E-state index in [2.05, 4.69) is 10.3 Å². The molecule has 1 N–H and O–H groups in total. The third kappa shape index (κ3) is 4.30. The van der Waals surface area contributed by atoms with Crippen LogP contribution >= 0.6 is 0 Å². The number of anilines is 3. The minimum atomic E-state index is -0.462. The van der Waals surface area contributed by atoms with Crippen molar-refractivity contribution in [2.24, 2.45) is 0 Å². The predicted octanol–water partition coefficient (Wildman–Crippen LogP) is 3.89. The molecule has 0 saturated carbocycles. The number of ether oxygens (including phenoxy) is 1. The number of nitrogens with zero attached hydrogens (tertiary/aromatic N) is 2. The number of carbonyl (C=O) groups is 2. The van der Waals surface area contributed by atoms with Gasteiger partial charge in [0.25, 0.3) is 5.91 Å². The molecule has 6 nitrogen and oxygen atoms in total. The highest BCUT2D eigenvalue weighted by Crippen LogP contribution is 2.23. The second-order valence-corrected chi connectivity index (χ2v) is 5.82. The Hall–Kier alpha value is -3.67. The van der Waals surface area contributed by atoms with Gasteiger partial charge in [-0.2, -0.15) is 0 Å². The normalized spacial score (nSPS) is 10.1. The molecule has 0 atom stereocenters. The Labute approximate surface area is 157 Å². The van der Waals surface area contributed by atoms with Gasteiger partial charge in [0, 0.05) is 30.3 Å². The molecule has 1 amide bonds. The SMILES string of the molecule is COC(=O)c1cccc(NC(=O)c2cc(N(C)c3ccccc3)ccn2)c1. The number of pyridine rings is 1. The number of rotatable bonds is 5. The van der Waals surface area contributed by atoms with Crippen molar-refractivity contribution in [3.05, 3.63) is 84.2 Å². The molecular weight excluding hydrogens is 342 g/mol. The zero-order valence-corrected chi connectivity index (χ0v) is 15.0. The van der Waals surface area contributed by atoms with E-state index in [4.69, 9.17) is 4.74 Å². The quantitative estimate of drug-likeness (QED) is 0.698. The molecule has 136 valence electrons. The summed E-state index contributed by atoms with van der Waals surface area (Å²) >= 11 is 0. The predicted molar refractivity (Wildman–Crippen MR) is 104 cm³/mol. The number of methoxy groups -OCH3 is 1. The van der Waals surface area contributed by atoms with Crippen molar-refractivity contribution in [1.29, 1.82) is 0 Å². The maximum Gasteiger partial charge on any atom is 0.337 e. The first-order valence-corrected chi connectivity index (χ1v) is 8.33. The van der Waals surface area contributed by atoms with Crippen molar-refractivity contribution in [2.75, 3.05) is 24.4 Å². The van der Waals surface area contributed by atoms with Crippen LogP contribution in [0.1, 0.15) is 20.8 Å². The Morgan fingerprint density at radius 3 is 2.48 bits per heavy atom. The van der Waals surface area contributed by atoms with E-state index in [9.17, 15) is 9.59 Å². The van der Waals surface area contributed by atoms with E-state index >= 15 is 0 Å². The lowest BCUT2D eigenvalue weighted by atomic mass is 10.2. The number of benzene rings is 2. The number of carbonyl (C=O) groups excluding carboxylic acids is 2. The van der Waals surface area contributed by atoms with Crippen molar-refractivity contribution >= 4 is 28.9 Å². The van der Waals surface area contributed by atoms with Crippen LogP contribution in [0.3, 0.4) is 0 Å². The summed E-state index contributed by atoms with van der Waals surface area (Å²) in [5.74, 6) is -0.823. The van der Waals surface area contributed by atoms with E-state index in [-0.39, 0.29) is 11.6 Å². The smallest absolute Gasteiger partial charge is 0.337 e. The number of aromatic nitrogens is 1. The molecule has 0 unspecified atom stereocenters. The average Bonchev–Trinajstić information content (AvgIpc) is 2.73. The van der Waals surface area contributed by atoms with Crippen LogP contribution in [0.25, 0.3) is 0 Å². The molecule has 3 rings (SSSR count). The molecule has 0 aliphatic heterocycles. The fourth-order valence-electron chi connectivity index (χ4n) is 2.59. The van der Waals surface area contributed by atoms with Gasteiger partial charge in [0.15, 0.2) is 0 Å². The molecule has 0 fully saturated rings. The van der Waals surface area contributed by atoms with Gasteiger partial charge in [-0.25, -0.2) is 4.79 Å². The second-order valence-electron chi connectivity index (χ2n) is 5.82. The zero-order valence-electron chi connectivity index (χ0n) is 15.0. The van der Waals surface area contributed by atoms with Gasteiger partial charge in [-0.05, 0) is 42.5 Å². The summed E-state index contributed by atoms with van der Waals surface area (Å²) in [5, 5.41) is 2.76. The third-order valence-corrected chi connectivity index (χ3v) is 4.05. The van der Waals surface area contributed by atoms with E-state index in [0.717, 1.165) is 11.4 Å². The average molecular weight is 361 g/mol. The van der Waals surface area contributed by atoms with Crippen LogP contribution in [-0.2, 0) is 4.74 Å². The van der Waals surface area contributed by atoms with Crippen LogP contribution in [0.5, 0.6) is 0 Å². The van der Waals surface area contributed by atoms with Crippen LogP contribution in [0.4, 0.5) is 17.1 Å². The van der Waals surface area contributed by atoms with Crippen molar-refractivity contribution in [1.82, 2.24) is 4.98 Å². The highest BCUT2D eigenvalue weighted by atomic mass is 16.5. The van der Waals surface area contributed by atoms with Gasteiger partial charge in [-0.1, -0.05) is 24.3 Å². The fraction of sp³-hybridized carbons (Fsp3) is 0.0952. The minimum absolute atomic E-state index is 0.277. The summed E-state index contributed by atoms with van der Waals surface area (Å²) < 4.78 is 4.70. The maximum absolute atomic E-state index is 12.6. The van der Waals surface area contributed by atoms with Crippen LogP contribution in [0.2, 0.25) is 0 Å². The monoisotopic (exact) mass is 361 g/mol. The van der Waals surface area contributed by atoms with E-state index in [1.807, 2.05) is 48.3 Å². The first-order valence-electron chi connectivity index (χ1n) is 8.33. The Kier molecular flexibility index (Phi) is 5.47. The Bertz CT molecular complexity index is 958. The molecule has 0 saturated heterocycles. The van der Waals surface area contributed by atoms with Crippen LogP contribution < -0.4 is 10.2 Å². The summed E-state index contributed by atoms with van der Waals surface area (Å²) in [6, 6.07) is 19.9. The standard InChI is InChI=1S/C21H19N3O3/c1-24(17-9-4-3-5-10-17)18-11-12-22-19(14-18)20(25)23-16-8-6-7-15(13-16)21(26)27-2/h3-14H,1-2H3,(H,23,25). The number of amides is 1. The molecule has 2 aromatic carbocycles. The molecule has 0 radical (unpaired) electrons. The van der Waals surface area contributed by atoms with Crippen molar-refractivity contribution in [3.63, 3.8) is 0 Å². The van der Waals surface area contributed by atoms with E-state index in [1.165, 1.54) is 7.11 Å². The molecule has 0 bridgehead atoms. The minimum Gasteiger partial charge on any atom is -0.465 e. The number of hydrogen-bond donors (Lipinski definition) is 1. The summed E-state index contributed by atoms with van der Waals surface area (Å²) in [6.07, 6.45) is 1.59. The topological polar surface area (TPSA) is 71.5 Å². The molecule has 1 heterocycles. The van der Waals surface area contributed by atoms with Gasteiger partial charge in [0.1, 0.15) is 5.69 Å². The van der Waals surface area contributed by atoms with E-state index < -0.39 is 5.97 Å². The van der Waals surface area contributed by atoms with Gasteiger partial charge in [0.05, 0.1) is 12.7 Å². The van der Waals surface area contributed by atoms with Gasteiger partial charge in [0.2, 0.25) is 0 Å². The largest absolute Gasteiger partial charge is 0.465 e. The summed E-state index contributed by atoms with van der Waals surface area (Å²) in [6.45, 7) is 0.